The van der Waals surface area contributed by atoms with E-state index in [0.29, 0.717) is 17.0 Å². The van der Waals surface area contributed by atoms with Crippen molar-refractivity contribution in [3.63, 3.8) is 0 Å². The van der Waals surface area contributed by atoms with E-state index in [9.17, 15) is 14.4 Å². The molecule has 0 unspecified atom stereocenters. The highest BCUT2D eigenvalue weighted by atomic mass is 32.1. The molecule has 2 rings (SSSR count). The molecule has 0 saturated carbocycles. The quantitative estimate of drug-likeness (QED) is 0.786. The molecule has 0 aliphatic rings. The number of nitrogens with zero attached hydrogens (tertiary/aromatic N) is 1. The number of amides is 2. The molecule has 0 saturated heterocycles. The molecule has 0 spiro atoms. The molecule has 1 aromatic heterocycles. The monoisotopic (exact) mass is 344 g/mol. The predicted molar refractivity (Wildman–Crippen MR) is 94.2 cm³/mol. The summed E-state index contributed by atoms with van der Waals surface area (Å²) >= 11 is 1.39. The third-order valence-electron chi connectivity index (χ3n) is 3.65. The molecule has 0 radical (unpaired) electrons. The van der Waals surface area contributed by atoms with Gasteiger partial charge in [-0.15, -0.1) is 11.3 Å². The van der Waals surface area contributed by atoms with Gasteiger partial charge in [0.15, 0.2) is 5.78 Å². The summed E-state index contributed by atoms with van der Waals surface area (Å²) in [6, 6.07) is 10.7. The Balaban J connectivity index is 1.85. The highest BCUT2D eigenvalue weighted by Crippen LogP contribution is 2.13. The summed E-state index contributed by atoms with van der Waals surface area (Å²) in [6.07, 6.45) is 0.419. The van der Waals surface area contributed by atoms with Crippen LogP contribution >= 0.6 is 11.3 Å². The number of benzene rings is 1. The minimum Gasteiger partial charge on any atom is -0.355 e. The van der Waals surface area contributed by atoms with Crippen LogP contribution in [0.15, 0.2) is 41.8 Å². The lowest BCUT2D eigenvalue weighted by Gasteiger charge is -2.17. The molecule has 0 fully saturated rings. The van der Waals surface area contributed by atoms with E-state index in [1.165, 1.54) is 11.3 Å². The molecule has 0 aliphatic carbocycles. The molecular weight excluding hydrogens is 324 g/mol. The van der Waals surface area contributed by atoms with Crippen LogP contribution in [0, 0.1) is 0 Å². The fraction of sp³-hybridized carbons (Fsp3) is 0.278. The third kappa shape index (κ3) is 4.76. The maximum Gasteiger partial charge on any atom is 0.251 e. The molecule has 0 aliphatic heterocycles. The Morgan fingerprint density at radius 2 is 1.79 bits per heavy atom. The van der Waals surface area contributed by atoms with Crippen LogP contribution < -0.4 is 5.32 Å². The first-order chi connectivity index (χ1) is 11.5. The van der Waals surface area contributed by atoms with Crippen molar-refractivity contribution in [3.8, 4) is 0 Å². The average molecular weight is 344 g/mol. The molecule has 1 aromatic carbocycles. The van der Waals surface area contributed by atoms with E-state index in [4.69, 9.17) is 0 Å². The van der Waals surface area contributed by atoms with Crippen molar-refractivity contribution in [1.29, 1.82) is 0 Å². The first-order valence-electron chi connectivity index (χ1n) is 7.63. The standard InChI is InChI=1S/C18H20N2O3S/c1-19-18(23)14-7-5-13(6-8-14)12-20(2)17(22)10-9-15(21)16-4-3-11-24-16/h3-8,11H,9-10,12H2,1-2H3,(H,19,23). The highest BCUT2D eigenvalue weighted by molar-refractivity contribution is 7.12. The molecule has 2 aromatic rings. The third-order valence-corrected chi connectivity index (χ3v) is 4.56. The van der Waals surface area contributed by atoms with E-state index < -0.39 is 0 Å². The number of hydrogen-bond acceptors (Lipinski definition) is 4. The molecule has 1 N–H and O–H groups in total. The van der Waals surface area contributed by atoms with Gasteiger partial charge in [0.05, 0.1) is 4.88 Å². The normalized spacial score (nSPS) is 10.2. The largest absolute Gasteiger partial charge is 0.355 e. The topological polar surface area (TPSA) is 66.5 Å². The zero-order valence-corrected chi connectivity index (χ0v) is 14.6. The molecular formula is C18H20N2O3S. The lowest BCUT2D eigenvalue weighted by molar-refractivity contribution is -0.130. The first kappa shape index (κ1) is 17.9. The van der Waals surface area contributed by atoms with Crippen molar-refractivity contribution >= 4 is 28.9 Å². The van der Waals surface area contributed by atoms with Gasteiger partial charge in [-0.3, -0.25) is 14.4 Å². The van der Waals surface area contributed by atoms with Crippen LogP contribution in [0.5, 0.6) is 0 Å². The summed E-state index contributed by atoms with van der Waals surface area (Å²) in [4.78, 5) is 37.9. The smallest absolute Gasteiger partial charge is 0.251 e. The van der Waals surface area contributed by atoms with E-state index in [2.05, 4.69) is 5.32 Å². The minimum absolute atomic E-state index is 0.00156. The van der Waals surface area contributed by atoms with Gasteiger partial charge in [0, 0.05) is 39.0 Å². The van der Waals surface area contributed by atoms with Crippen molar-refractivity contribution in [2.75, 3.05) is 14.1 Å². The highest BCUT2D eigenvalue weighted by Gasteiger charge is 2.14. The van der Waals surface area contributed by atoms with Gasteiger partial charge >= 0.3 is 0 Å². The summed E-state index contributed by atoms with van der Waals surface area (Å²) in [7, 11) is 3.30. The second kappa shape index (κ2) is 8.40. The van der Waals surface area contributed by atoms with Gasteiger partial charge < -0.3 is 10.2 Å². The first-order valence-corrected chi connectivity index (χ1v) is 8.51. The molecule has 6 heteroatoms. The molecule has 1 heterocycles. The summed E-state index contributed by atoms with van der Waals surface area (Å²) < 4.78 is 0. The number of hydrogen-bond donors (Lipinski definition) is 1. The number of carbonyl (C=O) groups excluding carboxylic acids is 3. The Morgan fingerprint density at radius 1 is 1.08 bits per heavy atom. The van der Waals surface area contributed by atoms with Crippen LogP contribution in [-0.2, 0) is 11.3 Å². The van der Waals surface area contributed by atoms with Gasteiger partial charge in [0.2, 0.25) is 5.91 Å². The van der Waals surface area contributed by atoms with Gasteiger partial charge in [0.25, 0.3) is 5.91 Å². The minimum atomic E-state index is -0.141. The second-order valence-corrected chi connectivity index (χ2v) is 6.37. The number of ketones is 1. The van der Waals surface area contributed by atoms with Crippen molar-refractivity contribution < 1.29 is 14.4 Å². The lowest BCUT2D eigenvalue weighted by atomic mass is 10.1. The number of Topliss-reactive ketones (excluding diaryl/α,β-unsaturated/α-hetero) is 1. The van der Waals surface area contributed by atoms with E-state index >= 15 is 0 Å². The van der Waals surface area contributed by atoms with Crippen LogP contribution in [0.1, 0.15) is 38.4 Å². The van der Waals surface area contributed by atoms with E-state index in [1.807, 2.05) is 23.6 Å². The molecule has 0 bridgehead atoms. The predicted octanol–water partition coefficient (Wildman–Crippen LogP) is 2.73. The molecule has 24 heavy (non-hydrogen) atoms. The van der Waals surface area contributed by atoms with Crippen LogP contribution in [0.4, 0.5) is 0 Å². The van der Waals surface area contributed by atoms with Crippen molar-refractivity contribution in [2.45, 2.75) is 19.4 Å². The Labute approximate surface area is 145 Å². The number of nitrogens with one attached hydrogen (secondary N) is 1. The summed E-state index contributed by atoms with van der Waals surface area (Å²) in [5, 5.41) is 4.41. The van der Waals surface area contributed by atoms with E-state index in [1.54, 1.807) is 37.2 Å². The second-order valence-electron chi connectivity index (χ2n) is 5.43. The number of rotatable bonds is 7. The van der Waals surface area contributed by atoms with E-state index in [0.717, 1.165) is 5.56 Å². The van der Waals surface area contributed by atoms with Crippen LogP contribution in [0.3, 0.4) is 0 Å². The number of thiophene rings is 1. The van der Waals surface area contributed by atoms with Crippen molar-refractivity contribution in [2.24, 2.45) is 0 Å². The van der Waals surface area contributed by atoms with E-state index in [-0.39, 0.29) is 30.4 Å². The summed E-state index contributed by atoms with van der Waals surface area (Å²) in [6.45, 7) is 0.444. The zero-order valence-electron chi connectivity index (χ0n) is 13.7. The average Bonchev–Trinajstić information content (AvgIpc) is 3.14. The van der Waals surface area contributed by atoms with Gasteiger partial charge in [-0.05, 0) is 29.1 Å². The SMILES string of the molecule is CNC(=O)c1ccc(CN(C)C(=O)CCC(=O)c2cccs2)cc1. The van der Waals surface area contributed by atoms with Crippen LogP contribution in [0.25, 0.3) is 0 Å². The van der Waals surface area contributed by atoms with Gasteiger partial charge in [0.1, 0.15) is 0 Å². The Kier molecular flexibility index (Phi) is 6.26. The summed E-state index contributed by atoms with van der Waals surface area (Å²) in [5.41, 5.74) is 1.51. The van der Waals surface area contributed by atoms with Gasteiger partial charge in [-0.1, -0.05) is 18.2 Å². The zero-order chi connectivity index (χ0) is 17.5. The van der Waals surface area contributed by atoms with Crippen molar-refractivity contribution in [1.82, 2.24) is 10.2 Å². The molecule has 5 nitrogen and oxygen atoms in total. The lowest BCUT2D eigenvalue weighted by Crippen LogP contribution is -2.26. The summed E-state index contributed by atoms with van der Waals surface area (Å²) in [5.74, 6) is -0.213. The maximum absolute atomic E-state index is 12.2. The fourth-order valence-electron chi connectivity index (χ4n) is 2.24. The fourth-order valence-corrected chi connectivity index (χ4v) is 2.93. The van der Waals surface area contributed by atoms with Crippen LogP contribution in [-0.4, -0.2) is 36.6 Å². The Morgan fingerprint density at radius 3 is 2.38 bits per heavy atom. The molecule has 2 amide bonds. The molecule has 0 atom stereocenters. The molecule has 126 valence electrons. The Bertz CT molecular complexity index is 708. The van der Waals surface area contributed by atoms with Crippen LogP contribution in [0.2, 0.25) is 0 Å². The maximum atomic E-state index is 12.2. The van der Waals surface area contributed by atoms with Gasteiger partial charge in [-0.2, -0.15) is 0 Å². The number of carbonyl (C=O) groups is 3. The van der Waals surface area contributed by atoms with Crippen molar-refractivity contribution in [3.05, 3.63) is 57.8 Å². The van der Waals surface area contributed by atoms with Gasteiger partial charge in [-0.25, -0.2) is 0 Å². The Hall–Kier alpha value is -2.47.